The molecule has 0 aliphatic rings. The summed E-state index contributed by atoms with van der Waals surface area (Å²) in [5, 5.41) is 10.3. The molecule has 0 bridgehead atoms. The standard InChI is InChI=1S/C17H19BrO/c1-2-5-13-8-10-14(11-9-13)17(19)12-15-6-3-4-7-16(15)18/h3-4,6-11,17,19H,2,5,12H2,1H3. The molecule has 0 saturated heterocycles. The average Bonchev–Trinajstić information content (AvgIpc) is 2.42. The van der Waals surface area contributed by atoms with Crippen molar-refractivity contribution in [3.8, 4) is 0 Å². The second-order valence-corrected chi connectivity index (χ2v) is 5.66. The lowest BCUT2D eigenvalue weighted by atomic mass is 9.99. The van der Waals surface area contributed by atoms with Crippen molar-refractivity contribution in [2.45, 2.75) is 32.3 Å². The molecule has 0 amide bonds. The summed E-state index contributed by atoms with van der Waals surface area (Å²) in [6.45, 7) is 2.18. The summed E-state index contributed by atoms with van der Waals surface area (Å²) in [5.74, 6) is 0. The SMILES string of the molecule is CCCc1ccc(C(O)Cc2ccccc2Br)cc1. The number of benzene rings is 2. The lowest BCUT2D eigenvalue weighted by Crippen LogP contribution is -2.02. The number of halogens is 1. The van der Waals surface area contributed by atoms with Crippen LogP contribution in [-0.4, -0.2) is 5.11 Å². The second-order valence-electron chi connectivity index (χ2n) is 4.80. The Morgan fingerprint density at radius 2 is 1.74 bits per heavy atom. The molecule has 0 fully saturated rings. The summed E-state index contributed by atoms with van der Waals surface area (Å²) in [6.07, 6.45) is 2.43. The molecule has 0 heterocycles. The normalized spacial score (nSPS) is 12.4. The first-order valence-corrected chi connectivity index (χ1v) is 7.50. The molecule has 100 valence electrons. The van der Waals surface area contributed by atoms with Crippen LogP contribution in [0.4, 0.5) is 0 Å². The Bertz CT molecular complexity index is 519. The van der Waals surface area contributed by atoms with Gasteiger partial charge in [-0.15, -0.1) is 0 Å². The van der Waals surface area contributed by atoms with Gasteiger partial charge < -0.3 is 5.11 Å². The third-order valence-corrected chi connectivity index (χ3v) is 4.05. The third-order valence-electron chi connectivity index (χ3n) is 3.27. The number of aliphatic hydroxyl groups is 1. The van der Waals surface area contributed by atoms with Crippen molar-refractivity contribution >= 4 is 15.9 Å². The zero-order valence-corrected chi connectivity index (χ0v) is 12.7. The molecule has 19 heavy (non-hydrogen) atoms. The zero-order valence-electron chi connectivity index (χ0n) is 11.1. The van der Waals surface area contributed by atoms with Gasteiger partial charge in [0.05, 0.1) is 6.10 Å². The molecular formula is C17H19BrO. The van der Waals surface area contributed by atoms with Crippen molar-refractivity contribution < 1.29 is 5.11 Å². The Kier molecular flexibility index (Phi) is 5.17. The topological polar surface area (TPSA) is 20.2 Å². The van der Waals surface area contributed by atoms with Crippen molar-refractivity contribution in [2.75, 3.05) is 0 Å². The van der Waals surface area contributed by atoms with Crippen molar-refractivity contribution in [1.29, 1.82) is 0 Å². The van der Waals surface area contributed by atoms with E-state index in [0.717, 1.165) is 28.4 Å². The molecule has 0 aliphatic heterocycles. The predicted octanol–water partition coefficient (Wildman–Crippen LogP) is 4.68. The van der Waals surface area contributed by atoms with E-state index in [0.29, 0.717) is 6.42 Å². The maximum Gasteiger partial charge on any atom is 0.0830 e. The molecule has 0 saturated carbocycles. The summed E-state index contributed by atoms with van der Waals surface area (Å²) in [4.78, 5) is 0. The molecule has 2 aromatic rings. The van der Waals surface area contributed by atoms with Gasteiger partial charge in [0.1, 0.15) is 0 Å². The fourth-order valence-corrected chi connectivity index (χ4v) is 2.63. The predicted molar refractivity (Wildman–Crippen MR) is 83.2 cm³/mol. The number of hydrogen-bond acceptors (Lipinski definition) is 1. The fraction of sp³-hybridized carbons (Fsp3) is 0.294. The summed E-state index contributed by atoms with van der Waals surface area (Å²) in [7, 11) is 0. The van der Waals surface area contributed by atoms with Crippen molar-refractivity contribution in [3.05, 3.63) is 69.7 Å². The van der Waals surface area contributed by atoms with E-state index in [-0.39, 0.29) is 0 Å². The van der Waals surface area contributed by atoms with Gasteiger partial charge in [-0.2, -0.15) is 0 Å². The zero-order chi connectivity index (χ0) is 13.7. The Hall–Kier alpha value is -1.12. The van der Waals surface area contributed by atoms with E-state index in [1.165, 1.54) is 5.56 Å². The van der Waals surface area contributed by atoms with Crippen molar-refractivity contribution in [1.82, 2.24) is 0 Å². The van der Waals surface area contributed by atoms with Gasteiger partial charge >= 0.3 is 0 Å². The molecular weight excluding hydrogens is 300 g/mol. The molecule has 2 aromatic carbocycles. The molecule has 0 aliphatic carbocycles. The number of aryl methyl sites for hydroxylation is 1. The second kappa shape index (κ2) is 6.88. The van der Waals surface area contributed by atoms with E-state index >= 15 is 0 Å². The Labute approximate surface area is 123 Å². The fourth-order valence-electron chi connectivity index (χ4n) is 2.19. The maximum absolute atomic E-state index is 10.3. The van der Waals surface area contributed by atoms with Crippen LogP contribution < -0.4 is 0 Å². The Balaban J connectivity index is 2.07. The largest absolute Gasteiger partial charge is 0.388 e. The van der Waals surface area contributed by atoms with Crippen LogP contribution in [0, 0.1) is 0 Å². The summed E-state index contributed by atoms with van der Waals surface area (Å²) < 4.78 is 1.05. The third kappa shape index (κ3) is 3.92. The highest BCUT2D eigenvalue weighted by Gasteiger charge is 2.10. The van der Waals surface area contributed by atoms with E-state index in [9.17, 15) is 5.11 Å². The highest BCUT2D eigenvalue weighted by Crippen LogP contribution is 2.24. The van der Waals surface area contributed by atoms with Crippen molar-refractivity contribution in [2.24, 2.45) is 0 Å². The minimum atomic E-state index is -0.450. The van der Waals surface area contributed by atoms with Crippen LogP contribution in [0.3, 0.4) is 0 Å². The van der Waals surface area contributed by atoms with E-state index in [1.807, 2.05) is 36.4 Å². The van der Waals surface area contributed by atoms with E-state index in [2.05, 4.69) is 35.0 Å². The Morgan fingerprint density at radius 1 is 1.05 bits per heavy atom. The van der Waals surface area contributed by atoms with Crippen LogP contribution in [0.15, 0.2) is 53.0 Å². The molecule has 1 N–H and O–H groups in total. The first-order chi connectivity index (χ1) is 9.20. The minimum Gasteiger partial charge on any atom is -0.388 e. The van der Waals surface area contributed by atoms with Crippen LogP contribution >= 0.6 is 15.9 Å². The molecule has 0 radical (unpaired) electrons. The monoisotopic (exact) mass is 318 g/mol. The first-order valence-electron chi connectivity index (χ1n) is 6.71. The Morgan fingerprint density at radius 3 is 2.37 bits per heavy atom. The van der Waals surface area contributed by atoms with Gasteiger partial charge in [0.15, 0.2) is 0 Å². The molecule has 0 spiro atoms. The van der Waals surface area contributed by atoms with E-state index in [1.54, 1.807) is 0 Å². The van der Waals surface area contributed by atoms with Crippen LogP contribution in [0.2, 0.25) is 0 Å². The van der Waals surface area contributed by atoms with Gasteiger partial charge in [0.25, 0.3) is 0 Å². The number of rotatable bonds is 5. The smallest absolute Gasteiger partial charge is 0.0830 e. The van der Waals surface area contributed by atoms with Crippen LogP contribution in [-0.2, 0) is 12.8 Å². The van der Waals surface area contributed by atoms with Crippen LogP contribution in [0.25, 0.3) is 0 Å². The number of aliphatic hydroxyl groups excluding tert-OH is 1. The molecule has 1 atom stereocenters. The maximum atomic E-state index is 10.3. The highest BCUT2D eigenvalue weighted by molar-refractivity contribution is 9.10. The van der Waals surface area contributed by atoms with E-state index < -0.39 is 6.10 Å². The summed E-state index contributed by atoms with van der Waals surface area (Å²) in [6, 6.07) is 16.3. The van der Waals surface area contributed by atoms with Gasteiger partial charge in [0.2, 0.25) is 0 Å². The molecule has 2 rings (SSSR count). The van der Waals surface area contributed by atoms with Gasteiger partial charge in [-0.1, -0.05) is 71.7 Å². The van der Waals surface area contributed by atoms with Gasteiger partial charge in [-0.05, 0) is 29.2 Å². The molecule has 1 unspecified atom stereocenters. The average molecular weight is 319 g/mol. The summed E-state index contributed by atoms with van der Waals surface area (Å²) >= 11 is 3.52. The number of hydrogen-bond donors (Lipinski definition) is 1. The summed E-state index contributed by atoms with van der Waals surface area (Å²) in [5.41, 5.74) is 3.45. The van der Waals surface area contributed by atoms with Gasteiger partial charge in [-0.25, -0.2) is 0 Å². The molecule has 0 aromatic heterocycles. The lowest BCUT2D eigenvalue weighted by Gasteiger charge is -2.13. The molecule has 1 nitrogen and oxygen atoms in total. The highest BCUT2D eigenvalue weighted by atomic mass is 79.9. The van der Waals surface area contributed by atoms with Crippen LogP contribution in [0.5, 0.6) is 0 Å². The van der Waals surface area contributed by atoms with Crippen LogP contribution in [0.1, 0.15) is 36.1 Å². The first kappa shape index (κ1) is 14.3. The quantitative estimate of drug-likeness (QED) is 0.848. The van der Waals surface area contributed by atoms with Gasteiger partial charge in [-0.3, -0.25) is 0 Å². The minimum absolute atomic E-state index is 0.450. The lowest BCUT2D eigenvalue weighted by molar-refractivity contribution is 0.178. The van der Waals surface area contributed by atoms with Crippen molar-refractivity contribution in [3.63, 3.8) is 0 Å². The van der Waals surface area contributed by atoms with Gasteiger partial charge in [0, 0.05) is 10.9 Å². The molecule has 2 heteroatoms. The van der Waals surface area contributed by atoms with E-state index in [4.69, 9.17) is 0 Å².